The lowest BCUT2D eigenvalue weighted by molar-refractivity contribution is -0.116. The zero-order valence-electron chi connectivity index (χ0n) is 13.9. The molecule has 2 aromatic rings. The van der Waals surface area contributed by atoms with Gasteiger partial charge >= 0.3 is 0 Å². The van der Waals surface area contributed by atoms with Crippen LogP contribution in [-0.2, 0) is 11.3 Å². The molecule has 1 aromatic heterocycles. The zero-order chi connectivity index (χ0) is 17.5. The van der Waals surface area contributed by atoms with Gasteiger partial charge in [0.1, 0.15) is 6.54 Å². The van der Waals surface area contributed by atoms with Crippen LogP contribution in [0.2, 0.25) is 0 Å². The molecule has 1 N–H and O–H groups in total. The molecule has 0 radical (unpaired) electrons. The van der Waals surface area contributed by atoms with E-state index >= 15 is 0 Å². The van der Waals surface area contributed by atoms with Gasteiger partial charge in [0.05, 0.1) is 0 Å². The molecule has 126 valence electrons. The summed E-state index contributed by atoms with van der Waals surface area (Å²) >= 11 is 0. The van der Waals surface area contributed by atoms with Gasteiger partial charge in [-0.05, 0) is 38.1 Å². The molecule has 2 amide bonds. The summed E-state index contributed by atoms with van der Waals surface area (Å²) in [5, 5.41) is 2.72. The highest BCUT2D eigenvalue weighted by molar-refractivity contribution is 5.97. The van der Waals surface area contributed by atoms with Crippen molar-refractivity contribution >= 4 is 17.5 Å². The molecule has 0 fully saturated rings. The summed E-state index contributed by atoms with van der Waals surface area (Å²) in [7, 11) is 0. The van der Waals surface area contributed by atoms with E-state index in [2.05, 4.69) is 5.32 Å². The van der Waals surface area contributed by atoms with E-state index in [1.807, 2.05) is 13.8 Å². The van der Waals surface area contributed by atoms with E-state index in [0.717, 1.165) is 0 Å². The third kappa shape index (κ3) is 4.32. The molecule has 1 heterocycles. The van der Waals surface area contributed by atoms with E-state index in [4.69, 9.17) is 0 Å². The molecule has 24 heavy (non-hydrogen) atoms. The molecular formula is C18H21N3O3. The Labute approximate surface area is 140 Å². The van der Waals surface area contributed by atoms with Crippen LogP contribution in [0.1, 0.15) is 24.2 Å². The zero-order valence-corrected chi connectivity index (χ0v) is 13.9. The number of benzene rings is 1. The average Bonchev–Trinajstić information content (AvgIpc) is 2.58. The summed E-state index contributed by atoms with van der Waals surface area (Å²) in [5.41, 5.74) is 0.813. The molecule has 0 aliphatic rings. The van der Waals surface area contributed by atoms with Crippen molar-refractivity contribution in [1.82, 2.24) is 9.47 Å². The molecule has 6 nitrogen and oxygen atoms in total. The summed E-state index contributed by atoms with van der Waals surface area (Å²) in [6.07, 6.45) is 1.56. The van der Waals surface area contributed by atoms with Crippen LogP contribution in [-0.4, -0.2) is 34.4 Å². The smallest absolute Gasteiger partial charge is 0.253 e. The number of aromatic nitrogens is 1. The van der Waals surface area contributed by atoms with Crippen LogP contribution in [0.5, 0.6) is 0 Å². The van der Waals surface area contributed by atoms with Crippen LogP contribution in [0, 0.1) is 0 Å². The highest BCUT2D eigenvalue weighted by atomic mass is 16.2. The first-order valence-corrected chi connectivity index (χ1v) is 7.89. The lowest BCUT2D eigenvalue weighted by Gasteiger charge is -2.19. The number of amides is 2. The SMILES string of the molecule is CCN(CC)C(=O)c1cccc(NC(=O)Cn2ccccc2=O)c1. The summed E-state index contributed by atoms with van der Waals surface area (Å²) in [6.45, 7) is 5.02. The van der Waals surface area contributed by atoms with Crippen molar-refractivity contribution in [3.63, 3.8) is 0 Å². The number of carbonyl (C=O) groups excluding carboxylic acids is 2. The van der Waals surface area contributed by atoms with Crippen molar-refractivity contribution in [1.29, 1.82) is 0 Å². The van der Waals surface area contributed by atoms with E-state index in [0.29, 0.717) is 24.3 Å². The van der Waals surface area contributed by atoms with Crippen molar-refractivity contribution in [2.24, 2.45) is 0 Å². The minimum atomic E-state index is -0.323. The molecule has 0 aliphatic heterocycles. The number of hydrogen-bond donors (Lipinski definition) is 1. The van der Waals surface area contributed by atoms with Crippen molar-refractivity contribution in [2.75, 3.05) is 18.4 Å². The van der Waals surface area contributed by atoms with Gasteiger partial charge in [-0.15, -0.1) is 0 Å². The van der Waals surface area contributed by atoms with Crippen LogP contribution in [0.15, 0.2) is 53.5 Å². The van der Waals surface area contributed by atoms with Gasteiger partial charge in [-0.25, -0.2) is 0 Å². The fourth-order valence-electron chi connectivity index (χ4n) is 2.37. The largest absolute Gasteiger partial charge is 0.339 e. The lowest BCUT2D eigenvalue weighted by Crippen LogP contribution is -2.30. The molecule has 0 unspecified atom stereocenters. The number of nitrogens with zero attached hydrogens (tertiary/aromatic N) is 2. The summed E-state index contributed by atoms with van der Waals surface area (Å²) in [5.74, 6) is -0.397. The fraction of sp³-hybridized carbons (Fsp3) is 0.278. The number of carbonyl (C=O) groups is 2. The van der Waals surface area contributed by atoms with Crippen molar-refractivity contribution in [3.05, 3.63) is 64.6 Å². The topological polar surface area (TPSA) is 71.4 Å². The van der Waals surface area contributed by atoms with Gasteiger partial charge in [0.25, 0.3) is 11.5 Å². The second-order valence-electron chi connectivity index (χ2n) is 5.27. The summed E-state index contributed by atoms with van der Waals surface area (Å²) < 4.78 is 1.32. The maximum atomic E-state index is 12.3. The monoisotopic (exact) mass is 327 g/mol. The third-order valence-electron chi connectivity index (χ3n) is 3.66. The van der Waals surface area contributed by atoms with Crippen molar-refractivity contribution < 1.29 is 9.59 Å². The maximum absolute atomic E-state index is 12.3. The highest BCUT2D eigenvalue weighted by Gasteiger charge is 2.13. The number of anilines is 1. The summed E-state index contributed by atoms with van der Waals surface area (Å²) in [4.78, 5) is 37.8. The fourth-order valence-corrected chi connectivity index (χ4v) is 2.37. The van der Waals surface area contributed by atoms with Crippen LogP contribution < -0.4 is 10.9 Å². The van der Waals surface area contributed by atoms with Crippen LogP contribution >= 0.6 is 0 Å². The normalized spacial score (nSPS) is 10.2. The highest BCUT2D eigenvalue weighted by Crippen LogP contribution is 2.13. The molecule has 0 bridgehead atoms. The second kappa shape index (κ2) is 8.10. The van der Waals surface area contributed by atoms with Gasteiger partial charge in [-0.1, -0.05) is 12.1 Å². The Hall–Kier alpha value is -2.89. The van der Waals surface area contributed by atoms with Gasteiger partial charge in [0.2, 0.25) is 5.91 Å². The lowest BCUT2D eigenvalue weighted by atomic mass is 10.1. The first kappa shape index (κ1) is 17.5. The molecule has 2 rings (SSSR count). The maximum Gasteiger partial charge on any atom is 0.253 e. The minimum absolute atomic E-state index is 0.0737. The van der Waals surface area contributed by atoms with Crippen molar-refractivity contribution in [2.45, 2.75) is 20.4 Å². The molecule has 6 heteroatoms. The number of nitrogens with one attached hydrogen (secondary N) is 1. The first-order chi connectivity index (χ1) is 11.5. The van der Waals surface area contributed by atoms with E-state index in [-0.39, 0.29) is 23.9 Å². The predicted octanol–water partition coefficient (Wildman–Crippen LogP) is 1.97. The van der Waals surface area contributed by atoms with E-state index in [1.165, 1.54) is 10.6 Å². The Morgan fingerprint density at radius 1 is 1.08 bits per heavy atom. The Bertz CT molecular complexity index is 779. The van der Waals surface area contributed by atoms with E-state index < -0.39 is 0 Å². The second-order valence-corrected chi connectivity index (χ2v) is 5.27. The predicted molar refractivity (Wildman–Crippen MR) is 93.0 cm³/mol. The van der Waals surface area contributed by atoms with Crippen LogP contribution in [0.25, 0.3) is 0 Å². The molecule has 0 saturated carbocycles. The van der Waals surface area contributed by atoms with Crippen LogP contribution in [0.3, 0.4) is 0 Å². The Morgan fingerprint density at radius 2 is 1.83 bits per heavy atom. The number of pyridine rings is 1. The molecule has 1 aromatic carbocycles. The third-order valence-corrected chi connectivity index (χ3v) is 3.66. The number of hydrogen-bond acceptors (Lipinski definition) is 3. The van der Waals surface area contributed by atoms with Gasteiger partial charge < -0.3 is 14.8 Å². The van der Waals surface area contributed by atoms with Crippen LogP contribution in [0.4, 0.5) is 5.69 Å². The minimum Gasteiger partial charge on any atom is -0.339 e. The van der Waals surface area contributed by atoms with Crippen molar-refractivity contribution in [3.8, 4) is 0 Å². The molecule has 0 spiro atoms. The van der Waals surface area contributed by atoms with Gasteiger partial charge in [-0.2, -0.15) is 0 Å². The Morgan fingerprint density at radius 3 is 2.50 bits per heavy atom. The van der Waals surface area contributed by atoms with E-state index in [1.54, 1.807) is 47.5 Å². The average molecular weight is 327 g/mol. The standard InChI is InChI=1S/C18H21N3O3/c1-3-20(4-2)18(24)14-8-7-9-15(12-14)19-16(22)13-21-11-6-5-10-17(21)23/h5-12H,3-4,13H2,1-2H3,(H,19,22). The Kier molecular flexibility index (Phi) is 5.89. The Balaban J connectivity index is 2.09. The number of rotatable bonds is 6. The molecular weight excluding hydrogens is 306 g/mol. The van der Waals surface area contributed by atoms with E-state index in [9.17, 15) is 14.4 Å². The molecule has 0 saturated heterocycles. The first-order valence-electron chi connectivity index (χ1n) is 7.89. The molecule has 0 atom stereocenters. The molecule has 0 aliphatic carbocycles. The van der Waals surface area contributed by atoms with Gasteiger partial charge in [0.15, 0.2) is 0 Å². The quantitative estimate of drug-likeness (QED) is 0.882. The van der Waals surface area contributed by atoms with Gasteiger partial charge in [0, 0.05) is 36.6 Å². The summed E-state index contributed by atoms with van der Waals surface area (Å²) in [6, 6.07) is 11.5. The van der Waals surface area contributed by atoms with Gasteiger partial charge in [-0.3, -0.25) is 14.4 Å².